The van der Waals surface area contributed by atoms with E-state index in [1.165, 1.54) is 10.5 Å². The second kappa shape index (κ2) is 6.06. The minimum absolute atomic E-state index is 0.384. The Labute approximate surface area is 90.3 Å². The summed E-state index contributed by atoms with van der Waals surface area (Å²) in [4.78, 5) is 1.31. The van der Waals surface area contributed by atoms with E-state index in [9.17, 15) is 0 Å². The molecule has 0 amide bonds. The van der Waals surface area contributed by atoms with Crippen LogP contribution in [0.25, 0.3) is 0 Å². The summed E-state index contributed by atoms with van der Waals surface area (Å²) in [6.07, 6.45) is 2.09. The SMILES string of the molecule is CSc1ccc(CNC(C)CN)cc1. The van der Waals surface area contributed by atoms with Crippen LogP contribution in [0.15, 0.2) is 29.2 Å². The summed E-state index contributed by atoms with van der Waals surface area (Å²) in [7, 11) is 0. The maximum Gasteiger partial charge on any atom is 0.0208 e. The average Bonchev–Trinajstić information content (AvgIpc) is 2.26. The third kappa shape index (κ3) is 3.70. The van der Waals surface area contributed by atoms with Gasteiger partial charge >= 0.3 is 0 Å². The second-order valence-electron chi connectivity index (χ2n) is 3.37. The highest BCUT2D eigenvalue weighted by molar-refractivity contribution is 7.98. The first-order valence-electron chi connectivity index (χ1n) is 4.82. The van der Waals surface area contributed by atoms with Gasteiger partial charge in [-0.3, -0.25) is 0 Å². The zero-order valence-corrected chi connectivity index (χ0v) is 9.60. The number of nitrogens with two attached hydrogens (primary N) is 1. The lowest BCUT2D eigenvalue weighted by atomic mass is 10.2. The van der Waals surface area contributed by atoms with E-state index in [1.54, 1.807) is 11.8 Å². The Kier molecular flexibility index (Phi) is 5.01. The Hall–Kier alpha value is -0.510. The van der Waals surface area contributed by atoms with E-state index in [1.807, 2.05) is 0 Å². The summed E-state index contributed by atoms with van der Waals surface area (Å²) >= 11 is 1.77. The molecular weight excluding hydrogens is 192 g/mol. The molecule has 14 heavy (non-hydrogen) atoms. The zero-order chi connectivity index (χ0) is 10.4. The average molecular weight is 210 g/mol. The van der Waals surface area contributed by atoms with Crippen LogP contribution in [0, 0.1) is 0 Å². The van der Waals surface area contributed by atoms with Gasteiger partial charge in [-0.05, 0) is 30.9 Å². The molecule has 0 radical (unpaired) electrons. The topological polar surface area (TPSA) is 38.0 Å². The molecule has 1 unspecified atom stereocenters. The van der Waals surface area contributed by atoms with Crippen LogP contribution in [0.4, 0.5) is 0 Å². The highest BCUT2D eigenvalue weighted by atomic mass is 32.2. The Balaban J connectivity index is 2.43. The number of hydrogen-bond donors (Lipinski definition) is 2. The smallest absolute Gasteiger partial charge is 0.0208 e. The van der Waals surface area contributed by atoms with Crippen LogP contribution >= 0.6 is 11.8 Å². The summed E-state index contributed by atoms with van der Waals surface area (Å²) in [6, 6.07) is 8.99. The standard InChI is InChI=1S/C11H18N2S/c1-9(7-12)13-8-10-3-5-11(14-2)6-4-10/h3-6,9,13H,7-8,12H2,1-2H3. The van der Waals surface area contributed by atoms with Crippen molar-refractivity contribution in [2.24, 2.45) is 5.73 Å². The molecule has 0 aromatic heterocycles. The first-order chi connectivity index (χ1) is 6.76. The Bertz CT molecular complexity index is 258. The van der Waals surface area contributed by atoms with Gasteiger partial charge in [0.15, 0.2) is 0 Å². The summed E-state index contributed by atoms with van der Waals surface area (Å²) < 4.78 is 0. The quantitative estimate of drug-likeness (QED) is 0.728. The van der Waals surface area contributed by atoms with Crippen molar-refractivity contribution in [3.8, 4) is 0 Å². The van der Waals surface area contributed by atoms with Crippen LogP contribution < -0.4 is 11.1 Å². The maximum absolute atomic E-state index is 5.52. The van der Waals surface area contributed by atoms with Gasteiger partial charge in [-0.2, -0.15) is 0 Å². The molecule has 0 aliphatic carbocycles. The third-order valence-corrected chi connectivity index (χ3v) is 2.91. The monoisotopic (exact) mass is 210 g/mol. The second-order valence-corrected chi connectivity index (χ2v) is 4.25. The van der Waals surface area contributed by atoms with Crippen molar-refractivity contribution in [3.05, 3.63) is 29.8 Å². The molecule has 0 aliphatic rings. The number of benzene rings is 1. The maximum atomic E-state index is 5.52. The van der Waals surface area contributed by atoms with Crippen molar-refractivity contribution < 1.29 is 0 Å². The fourth-order valence-corrected chi connectivity index (χ4v) is 1.53. The lowest BCUT2D eigenvalue weighted by Crippen LogP contribution is -2.32. The molecular formula is C11H18N2S. The van der Waals surface area contributed by atoms with Crippen molar-refractivity contribution in [3.63, 3.8) is 0 Å². The Morgan fingerprint density at radius 2 is 2.00 bits per heavy atom. The predicted molar refractivity (Wildman–Crippen MR) is 63.6 cm³/mol. The molecule has 0 aliphatic heterocycles. The van der Waals surface area contributed by atoms with Crippen molar-refractivity contribution in [1.82, 2.24) is 5.32 Å². The fraction of sp³-hybridized carbons (Fsp3) is 0.455. The van der Waals surface area contributed by atoms with Gasteiger partial charge in [0.25, 0.3) is 0 Å². The molecule has 2 nitrogen and oxygen atoms in total. The molecule has 1 atom stereocenters. The predicted octanol–water partition coefficient (Wildman–Crippen LogP) is 1.85. The first kappa shape index (κ1) is 11.6. The zero-order valence-electron chi connectivity index (χ0n) is 8.79. The molecule has 0 bridgehead atoms. The van der Waals surface area contributed by atoms with Crippen molar-refractivity contribution in [1.29, 1.82) is 0 Å². The van der Waals surface area contributed by atoms with Crippen LogP contribution in [0.3, 0.4) is 0 Å². The van der Waals surface area contributed by atoms with Gasteiger partial charge in [0.05, 0.1) is 0 Å². The molecule has 0 fully saturated rings. The van der Waals surface area contributed by atoms with Crippen LogP contribution in [-0.4, -0.2) is 18.8 Å². The van der Waals surface area contributed by atoms with Gasteiger partial charge < -0.3 is 11.1 Å². The van der Waals surface area contributed by atoms with Crippen LogP contribution in [0.2, 0.25) is 0 Å². The van der Waals surface area contributed by atoms with Gasteiger partial charge in [0.1, 0.15) is 0 Å². The van der Waals surface area contributed by atoms with Crippen LogP contribution in [-0.2, 0) is 6.54 Å². The molecule has 0 heterocycles. The van der Waals surface area contributed by atoms with E-state index in [-0.39, 0.29) is 0 Å². The van der Waals surface area contributed by atoms with Gasteiger partial charge in [0.2, 0.25) is 0 Å². The van der Waals surface area contributed by atoms with E-state index in [0.29, 0.717) is 12.6 Å². The molecule has 1 rings (SSSR count). The molecule has 0 spiro atoms. The van der Waals surface area contributed by atoms with E-state index in [0.717, 1.165) is 6.54 Å². The van der Waals surface area contributed by atoms with E-state index in [4.69, 9.17) is 5.73 Å². The number of nitrogens with one attached hydrogen (secondary N) is 1. The van der Waals surface area contributed by atoms with Crippen molar-refractivity contribution in [2.75, 3.05) is 12.8 Å². The first-order valence-corrected chi connectivity index (χ1v) is 6.05. The van der Waals surface area contributed by atoms with Crippen LogP contribution in [0.5, 0.6) is 0 Å². The van der Waals surface area contributed by atoms with Crippen molar-refractivity contribution >= 4 is 11.8 Å². The minimum Gasteiger partial charge on any atom is -0.329 e. The van der Waals surface area contributed by atoms with E-state index >= 15 is 0 Å². The largest absolute Gasteiger partial charge is 0.329 e. The van der Waals surface area contributed by atoms with Gasteiger partial charge in [0, 0.05) is 24.0 Å². The fourth-order valence-electron chi connectivity index (χ4n) is 1.12. The van der Waals surface area contributed by atoms with Gasteiger partial charge in [-0.15, -0.1) is 11.8 Å². The van der Waals surface area contributed by atoms with E-state index < -0.39 is 0 Å². The molecule has 3 N–H and O–H groups in total. The normalized spacial score (nSPS) is 12.8. The molecule has 1 aromatic rings. The summed E-state index contributed by atoms with van der Waals surface area (Å²) in [6.45, 7) is 3.67. The number of thioether (sulfide) groups is 1. The molecule has 3 heteroatoms. The minimum atomic E-state index is 0.384. The Morgan fingerprint density at radius 1 is 1.36 bits per heavy atom. The highest BCUT2D eigenvalue weighted by Gasteiger charge is 1.98. The third-order valence-electron chi connectivity index (χ3n) is 2.17. The highest BCUT2D eigenvalue weighted by Crippen LogP contribution is 2.14. The Morgan fingerprint density at radius 3 is 2.50 bits per heavy atom. The molecule has 78 valence electrons. The van der Waals surface area contributed by atoms with Crippen molar-refractivity contribution in [2.45, 2.75) is 24.4 Å². The lowest BCUT2D eigenvalue weighted by molar-refractivity contribution is 0.556. The van der Waals surface area contributed by atoms with Gasteiger partial charge in [-0.25, -0.2) is 0 Å². The molecule has 0 saturated heterocycles. The number of hydrogen-bond acceptors (Lipinski definition) is 3. The number of rotatable bonds is 5. The summed E-state index contributed by atoms with van der Waals surface area (Å²) in [5.41, 5.74) is 6.82. The van der Waals surface area contributed by atoms with Gasteiger partial charge in [-0.1, -0.05) is 12.1 Å². The summed E-state index contributed by atoms with van der Waals surface area (Å²) in [5, 5.41) is 3.35. The lowest BCUT2D eigenvalue weighted by Gasteiger charge is -2.11. The molecule has 1 aromatic carbocycles. The van der Waals surface area contributed by atoms with Crippen LogP contribution in [0.1, 0.15) is 12.5 Å². The molecule has 0 saturated carbocycles. The van der Waals surface area contributed by atoms with E-state index in [2.05, 4.69) is 42.8 Å². The summed E-state index contributed by atoms with van der Waals surface area (Å²) in [5.74, 6) is 0.